The first-order valence-electron chi connectivity index (χ1n) is 11.0. The molecule has 1 atom stereocenters. The van der Waals surface area contributed by atoms with Gasteiger partial charge in [0.25, 0.3) is 0 Å². The summed E-state index contributed by atoms with van der Waals surface area (Å²) in [5.74, 6) is -0.0496. The third-order valence-corrected chi connectivity index (χ3v) is 7.05. The summed E-state index contributed by atoms with van der Waals surface area (Å²) in [4.78, 5) is 31.6. The number of fused-ring (bicyclic) bond motifs is 1. The lowest BCUT2D eigenvalue weighted by molar-refractivity contribution is -0.111. The number of piperidine rings is 1. The second kappa shape index (κ2) is 10.4. The highest BCUT2D eigenvalue weighted by atomic mass is 32.1. The summed E-state index contributed by atoms with van der Waals surface area (Å²) < 4.78 is 5.58. The number of carbonyl (C=O) groups is 2. The molecule has 1 saturated heterocycles. The Hall–Kier alpha value is -3.18. The van der Waals surface area contributed by atoms with E-state index in [-0.39, 0.29) is 17.9 Å². The van der Waals surface area contributed by atoms with E-state index in [0.717, 1.165) is 61.2 Å². The highest BCUT2D eigenvalue weighted by Crippen LogP contribution is 2.39. The number of amides is 2. The Morgan fingerprint density at radius 2 is 2.19 bits per heavy atom. The molecule has 0 radical (unpaired) electrons. The number of nitrogens with one attached hydrogen (secondary N) is 1. The van der Waals surface area contributed by atoms with E-state index in [1.54, 1.807) is 29.4 Å². The third-order valence-electron chi connectivity index (χ3n) is 5.88. The van der Waals surface area contributed by atoms with E-state index < -0.39 is 0 Å². The lowest BCUT2D eigenvalue weighted by atomic mass is 9.88. The standard InChI is InChI=1S/C24H26N4O3S/c25-14-20-19-8-6-18(16-31-24(30)28-11-2-1-3-12-28)13-21(19)32-23(20)27-22(29)9-7-17-5-4-10-26-15-17/h4-5,7,9-10,15,18H,1-3,6,8,11-13,16H2,(H,27,29)/t18-/m1/s1. The number of likely N-dealkylation sites (tertiary alicyclic amines) is 1. The molecule has 2 aromatic heterocycles. The molecule has 1 aliphatic carbocycles. The number of ether oxygens (including phenoxy) is 1. The number of hydrogen-bond acceptors (Lipinski definition) is 6. The summed E-state index contributed by atoms with van der Waals surface area (Å²) in [5, 5.41) is 13.1. The van der Waals surface area contributed by atoms with Gasteiger partial charge in [-0.1, -0.05) is 6.07 Å². The Labute approximate surface area is 191 Å². The summed E-state index contributed by atoms with van der Waals surface area (Å²) in [5.41, 5.74) is 2.40. The first-order chi connectivity index (χ1) is 15.6. The molecule has 0 saturated carbocycles. The number of carbonyl (C=O) groups excluding carboxylic acids is 2. The number of pyridine rings is 1. The Morgan fingerprint density at radius 1 is 1.34 bits per heavy atom. The first kappa shape index (κ1) is 22.0. The van der Waals surface area contributed by atoms with Crippen LogP contribution in [0.4, 0.5) is 9.80 Å². The summed E-state index contributed by atoms with van der Waals surface area (Å²) in [6.07, 6.45) is 11.9. The van der Waals surface area contributed by atoms with E-state index in [1.807, 2.05) is 6.07 Å². The van der Waals surface area contributed by atoms with E-state index in [1.165, 1.54) is 23.8 Å². The van der Waals surface area contributed by atoms with Gasteiger partial charge in [0.2, 0.25) is 5.91 Å². The summed E-state index contributed by atoms with van der Waals surface area (Å²) in [7, 11) is 0. The van der Waals surface area contributed by atoms with E-state index in [0.29, 0.717) is 17.2 Å². The van der Waals surface area contributed by atoms with Gasteiger partial charge in [-0.2, -0.15) is 5.26 Å². The lowest BCUT2D eigenvalue weighted by Crippen LogP contribution is -2.37. The maximum absolute atomic E-state index is 12.4. The molecule has 0 spiro atoms. The van der Waals surface area contributed by atoms with Crippen molar-refractivity contribution in [1.82, 2.24) is 9.88 Å². The molecular weight excluding hydrogens is 424 g/mol. The SMILES string of the molecule is N#Cc1c(NC(=O)C=Cc2cccnc2)sc2c1CC[C@@H](COC(=O)N1CCCCC1)C2. The van der Waals surface area contributed by atoms with Crippen molar-refractivity contribution in [2.75, 3.05) is 25.0 Å². The van der Waals surface area contributed by atoms with Crippen molar-refractivity contribution >= 4 is 34.4 Å². The molecule has 8 heteroatoms. The molecule has 4 rings (SSSR count). The maximum Gasteiger partial charge on any atom is 0.409 e. The van der Waals surface area contributed by atoms with Gasteiger partial charge in [0, 0.05) is 36.4 Å². The molecule has 1 aliphatic heterocycles. The maximum atomic E-state index is 12.4. The van der Waals surface area contributed by atoms with Crippen molar-refractivity contribution in [3.63, 3.8) is 0 Å². The van der Waals surface area contributed by atoms with E-state index in [2.05, 4.69) is 16.4 Å². The fourth-order valence-corrected chi connectivity index (χ4v) is 5.48. The zero-order valence-corrected chi connectivity index (χ0v) is 18.7. The summed E-state index contributed by atoms with van der Waals surface area (Å²) in [6.45, 7) is 1.95. The van der Waals surface area contributed by atoms with E-state index in [4.69, 9.17) is 4.74 Å². The van der Waals surface area contributed by atoms with Gasteiger partial charge in [-0.05, 0) is 67.7 Å². The molecule has 0 bridgehead atoms. The summed E-state index contributed by atoms with van der Waals surface area (Å²) >= 11 is 1.45. The fraction of sp³-hybridized carbons (Fsp3) is 0.417. The number of nitriles is 1. The molecule has 7 nitrogen and oxygen atoms in total. The van der Waals surface area contributed by atoms with Crippen molar-refractivity contribution in [3.8, 4) is 6.07 Å². The predicted molar refractivity (Wildman–Crippen MR) is 123 cm³/mol. The zero-order valence-electron chi connectivity index (χ0n) is 17.9. The van der Waals surface area contributed by atoms with Gasteiger partial charge >= 0.3 is 6.09 Å². The minimum Gasteiger partial charge on any atom is -0.449 e. The molecular formula is C24H26N4O3S. The number of rotatable bonds is 5. The minimum atomic E-state index is -0.282. The number of nitrogens with zero attached hydrogens (tertiary/aromatic N) is 3. The number of aromatic nitrogens is 1. The first-order valence-corrected chi connectivity index (χ1v) is 11.8. The summed E-state index contributed by atoms with van der Waals surface area (Å²) in [6, 6.07) is 5.93. The van der Waals surface area contributed by atoms with Gasteiger partial charge < -0.3 is 15.0 Å². The normalized spacial score (nSPS) is 18.1. The van der Waals surface area contributed by atoms with Gasteiger partial charge in [-0.15, -0.1) is 11.3 Å². The molecule has 166 valence electrons. The second-order valence-corrected chi connectivity index (χ2v) is 9.27. The average molecular weight is 451 g/mol. The van der Waals surface area contributed by atoms with Gasteiger partial charge in [-0.25, -0.2) is 4.79 Å². The van der Waals surface area contributed by atoms with Gasteiger partial charge in [-0.3, -0.25) is 9.78 Å². The smallest absolute Gasteiger partial charge is 0.409 e. The molecule has 3 heterocycles. The van der Waals surface area contributed by atoms with Crippen LogP contribution in [-0.2, 0) is 22.4 Å². The van der Waals surface area contributed by atoms with Crippen LogP contribution in [0.25, 0.3) is 6.08 Å². The molecule has 1 fully saturated rings. The van der Waals surface area contributed by atoms with E-state index >= 15 is 0 Å². The Balaban J connectivity index is 1.36. The fourth-order valence-electron chi connectivity index (χ4n) is 4.16. The molecule has 2 aliphatic rings. The zero-order chi connectivity index (χ0) is 22.3. The van der Waals surface area contributed by atoms with Crippen LogP contribution in [0.5, 0.6) is 0 Å². The van der Waals surface area contributed by atoms with Crippen LogP contribution < -0.4 is 5.32 Å². The predicted octanol–water partition coefficient (Wildman–Crippen LogP) is 4.39. The molecule has 1 N–H and O–H groups in total. The second-order valence-electron chi connectivity index (χ2n) is 8.16. The van der Waals surface area contributed by atoms with Gasteiger partial charge in [0.15, 0.2) is 0 Å². The van der Waals surface area contributed by atoms with E-state index in [9.17, 15) is 14.9 Å². The minimum absolute atomic E-state index is 0.215. The Bertz CT molecular complexity index is 1040. The van der Waals surface area contributed by atoms with Crippen LogP contribution >= 0.6 is 11.3 Å². The van der Waals surface area contributed by atoms with Gasteiger partial charge in [0.05, 0.1) is 12.2 Å². The van der Waals surface area contributed by atoms with Crippen molar-refractivity contribution in [3.05, 3.63) is 52.2 Å². The quantitative estimate of drug-likeness (QED) is 0.682. The number of thiophene rings is 1. The monoisotopic (exact) mass is 450 g/mol. The molecule has 0 aromatic carbocycles. The van der Waals surface area contributed by atoms with Crippen LogP contribution in [0.1, 0.15) is 47.3 Å². The molecule has 0 unspecified atom stereocenters. The third kappa shape index (κ3) is 5.35. The van der Waals surface area contributed by atoms with Crippen LogP contribution in [0.15, 0.2) is 30.6 Å². The molecule has 2 amide bonds. The van der Waals surface area contributed by atoms with Crippen LogP contribution in [0, 0.1) is 17.2 Å². The number of anilines is 1. The highest BCUT2D eigenvalue weighted by molar-refractivity contribution is 7.16. The highest BCUT2D eigenvalue weighted by Gasteiger charge is 2.28. The van der Waals surface area contributed by atoms with Crippen LogP contribution in [0.3, 0.4) is 0 Å². The Kier molecular flexibility index (Phi) is 7.17. The van der Waals surface area contributed by atoms with Gasteiger partial charge in [0.1, 0.15) is 11.1 Å². The van der Waals surface area contributed by atoms with Crippen molar-refractivity contribution in [1.29, 1.82) is 5.26 Å². The lowest BCUT2D eigenvalue weighted by Gasteiger charge is -2.27. The van der Waals surface area contributed by atoms with Crippen LogP contribution in [-0.4, -0.2) is 41.6 Å². The van der Waals surface area contributed by atoms with Crippen molar-refractivity contribution < 1.29 is 14.3 Å². The number of hydrogen-bond donors (Lipinski definition) is 1. The molecule has 2 aromatic rings. The molecule has 32 heavy (non-hydrogen) atoms. The average Bonchev–Trinajstić information content (AvgIpc) is 3.18. The largest absolute Gasteiger partial charge is 0.449 e. The van der Waals surface area contributed by atoms with Crippen molar-refractivity contribution in [2.45, 2.75) is 38.5 Å². The van der Waals surface area contributed by atoms with Crippen molar-refractivity contribution in [2.24, 2.45) is 5.92 Å². The Morgan fingerprint density at radius 3 is 2.94 bits per heavy atom. The topological polar surface area (TPSA) is 95.3 Å². The van der Waals surface area contributed by atoms with Crippen LogP contribution in [0.2, 0.25) is 0 Å².